The summed E-state index contributed by atoms with van der Waals surface area (Å²) in [5.74, 6) is 2.88. The van der Waals surface area contributed by atoms with E-state index in [1.165, 1.54) is 24.8 Å². The smallest absolute Gasteiger partial charge is 0.187 e. The predicted molar refractivity (Wildman–Crippen MR) is 90.3 cm³/mol. The lowest BCUT2D eigenvalue weighted by Gasteiger charge is -2.57. The van der Waals surface area contributed by atoms with Gasteiger partial charge >= 0.3 is 0 Å². The lowest BCUT2D eigenvalue weighted by molar-refractivity contribution is -0.128. The largest absolute Gasteiger partial charge is 0.360 e. The highest BCUT2D eigenvalue weighted by Crippen LogP contribution is 2.68. The Morgan fingerprint density at radius 2 is 1.96 bits per heavy atom. The Kier molecular flexibility index (Phi) is 2.94. The third-order valence-electron chi connectivity index (χ3n) is 8.82. The van der Waals surface area contributed by atoms with Gasteiger partial charge in [0.15, 0.2) is 5.78 Å². The molecule has 1 saturated heterocycles. The fourth-order valence-electron chi connectivity index (χ4n) is 7.59. The molecule has 3 heteroatoms. The van der Waals surface area contributed by atoms with Crippen LogP contribution in [0.4, 0.5) is 0 Å². The van der Waals surface area contributed by atoms with Gasteiger partial charge in [0.2, 0.25) is 0 Å². The van der Waals surface area contributed by atoms with Gasteiger partial charge in [0.25, 0.3) is 0 Å². The third-order valence-corrected chi connectivity index (χ3v) is 8.82. The Balaban J connectivity index is 1.52. The molecule has 1 heterocycles. The number of fused-ring (bicyclic) bond motifs is 7. The van der Waals surface area contributed by atoms with E-state index >= 15 is 0 Å². The zero-order chi connectivity index (χ0) is 16.9. The van der Waals surface area contributed by atoms with E-state index in [2.05, 4.69) is 13.8 Å². The molecule has 4 aliphatic carbocycles. The molecule has 3 nitrogen and oxygen atoms in total. The quantitative estimate of drug-likeness (QED) is 0.689. The Labute approximate surface area is 144 Å². The molecule has 4 fully saturated rings. The number of hydrogen-bond acceptors (Lipinski definition) is 3. The van der Waals surface area contributed by atoms with Gasteiger partial charge in [-0.2, -0.15) is 0 Å². The van der Waals surface area contributed by atoms with Gasteiger partial charge in [0, 0.05) is 11.3 Å². The molecule has 5 aliphatic rings. The van der Waals surface area contributed by atoms with Crippen molar-refractivity contribution in [3.63, 3.8) is 0 Å². The van der Waals surface area contributed by atoms with E-state index in [9.17, 15) is 9.59 Å². The number of rotatable bonds is 1. The van der Waals surface area contributed by atoms with Crippen LogP contribution in [0.3, 0.4) is 0 Å². The van der Waals surface area contributed by atoms with Crippen LogP contribution in [0.2, 0.25) is 0 Å². The first-order chi connectivity index (χ1) is 11.4. The van der Waals surface area contributed by atoms with Gasteiger partial charge in [-0.15, -0.1) is 0 Å². The molecule has 0 amide bonds. The van der Waals surface area contributed by atoms with Gasteiger partial charge < -0.3 is 4.74 Å². The molecule has 0 N–H and O–H groups in total. The van der Waals surface area contributed by atoms with Gasteiger partial charge in [0.1, 0.15) is 18.0 Å². The number of ketones is 2. The van der Waals surface area contributed by atoms with Crippen molar-refractivity contribution >= 4 is 11.6 Å². The summed E-state index contributed by atoms with van der Waals surface area (Å²) >= 11 is 0. The standard InChI is InChI=1S/C21H28O3/c1-11(22)14-6-7-15-13-5-4-12-10-17(23)18-19(24-18)21(12,3)16(13)8-9-20(14,15)2/h10,13-16,18-19H,4-9H2,1-3H3/t13-,14+,15-,16-,18?,19?,20+,21-/m0/s1. The highest BCUT2D eigenvalue weighted by Gasteiger charge is 2.67. The molecule has 2 unspecified atom stereocenters. The number of hydrogen-bond donors (Lipinski definition) is 0. The molecule has 0 aromatic heterocycles. The molecule has 8 atom stereocenters. The first-order valence-electron chi connectivity index (χ1n) is 9.78. The van der Waals surface area contributed by atoms with Gasteiger partial charge in [-0.05, 0) is 74.7 Å². The normalized spacial score (nSPS) is 55.0. The maximum Gasteiger partial charge on any atom is 0.187 e. The van der Waals surface area contributed by atoms with Crippen molar-refractivity contribution in [3.8, 4) is 0 Å². The van der Waals surface area contributed by atoms with E-state index in [0.29, 0.717) is 23.5 Å². The molecule has 24 heavy (non-hydrogen) atoms. The maximum atomic E-state index is 12.2. The van der Waals surface area contributed by atoms with Gasteiger partial charge in [0.05, 0.1) is 0 Å². The lowest BCUT2D eigenvalue weighted by Crippen LogP contribution is -2.53. The van der Waals surface area contributed by atoms with E-state index in [-0.39, 0.29) is 34.7 Å². The number of carbonyl (C=O) groups excluding carboxylic acids is 2. The van der Waals surface area contributed by atoms with Gasteiger partial charge in [-0.1, -0.05) is 19.4 Å². The molecule has 0 bridgehead atoms. The van der Waals surface area contributed by atoms with E-state index < -0.39 is 0 Å². The minimum absolute atomic E-state index is 0.0666. The number of epoxide rings is 1. The second kappa shape index (κ2) is 4.60. The second-order valence-corrected chi connectivity index (χ2v) is 9.53. The van der Waals surface area contributed by atoms with Gasteiger partial charge in [-0.25, -0.2) is 0 Å². The van der Waals surface area contributed by atoms with E-state index in [4.69, 9.17) is 4.74 Å². The summed E-state index contributed by atoms with van der Waals surface area (Å²) in [5.41, 5.74) is 1.63. The molecule has 0 aromatic rings. The Bertz CT molecular complexity index is 664. The minimum atomic E-state index is -0.153. The highest BCUT2D eigenvalue weighted by molar-refractivity contribution is 5.98. The average Bonchev–Trinajstić information content (AvgIpc) is 3.26. The minimum Gasteiger partial charge on any atom is -0.360 e. The molecule has 3 saturated carbocycles. The van der Waals surface area contributed by atoms with Crippen LogP contribution in [-0.2, 0) is 14.3 Å². The Morgan fingerprint density at radius 1 is 1.17 bits per heavy atom. The van der Waals surface area contributed by atoms with Crippen LogP contribution in [0, 0.1) is 34.5 Å². The maximum absolute atomic E-state index is 12.2. The van der Waals surface area contributed by atoms with Crippen LogP contribution in [0.1, 0.15) is 59.3 Å². The number of carbonyl (C=O) groups is 2. The average molecular weight is 328 g/mol. The zero-order valence-electron chi connectivity index (χ0n) is 15.0. The summed E-state index contributed by atoms with van der Waals surface area (Å²) in [6.07, 6.45) is 8.80. The molecule has 0 aromatic carbocycles. The summed E-state index contributed by atoms with van der Waals surface area (Å²) in [6, 6.07) is 0. The summed E-state index contributed by atoms with van der Waals surface area (Å²) < 4.78 is 5.85. The topological polar surface area (TPSA) is 46.7 Å². The van der Waals surface area contributed by atoms with Crippen molar-refractivity contribution in [2.45, 2.75) is 71.5 Å². The molecule has 5 rings (SSSR count). The van der Waals surface area contributed by atoms with Gasteiger partial charge in [-0.3, -0.25) is 9.59 Å². The zero-order valence-corrected chi connectivity index (χ0v) is 15.0. The van der Waals surface area contributed by atoms with Crippen LogP contribution in [0.25, 0.3) is 0 Å². The summed E-state index contributed by atoms with van der Waals surface area (Å²) in [5, 5.41) is 0. The van der Waals surface area contributed by atoms with E-state index in [1.807, 2.05) is 6.08 Å². The van der Waals surface area contributed by atoms with E-state index in [0.717, 1.165) is 19.3 Å². The number of ether oxygens (including phenoxy) is 1. The fraction of sp³-hybridized carbons (Fsp3) is 0.810. The van der Waals surface area contributed by atoms with Crippen molar-refractivity contribution in [2.75, 3.05) is 0 Å². The molecule has 1 aliphatic heterocycles. The summed E-state index contributed by atoms with van der Waals surface area (Å²) in [6.45, 7) is 6.55. The third kappa shape index (κ3) is 1.67. The van der Waals surface area contributed by atoms with Crippen LogP contribution in [-0.4, -0.2) is 23.8 Å². The number of Topliss-reactive ketones (excluding diaryl/α,β-unsaturated/α-hetero) is 1. The highest BCUT2D eigenvalue weighted by atomic mass is 16.6. The molecular weight excluding hydrogens is 300 g/mol. The predicted octanol–water partition coefficient (Wildman–Crippen LogP) is 3.71. The van der Waals surface area contributed by atoms with Crippen molar-refractivity contribution in [3.05, 3.63) is 11.6 Å². The van der Waals surface area contributed by atoms with E-state index in [1.54, 1.807) is 6.92 Å². The van der Waals surface area contributed by atoms with Crippen molar-refractivity contribution in [1.29, 1.82) is 0 Å². The Hall–Kier alpha value is -0.960. The van der Waals surface area contributed by atoms with Crippen LogP contribution in [0.15, 0.2) is 11.6 Å². The second-order valence-electron chi connectivity index (χ2n) is 9.53. The first kappa shape index (κ1) is 15.3. The fourth-order valence-corrected chi connectivity index (χ4v) is 7.59. The van der Waals surface area contributed by atoms with Crippen molar-refractivity contribution in [1.82, 2.24) is 0 Å². The van der Waals surface area contributed by atoms with Crippen LogP contribution >= 0.6 is 0 Å². The first-order valence-corrected chi connectivity index (χ1v) is 9.78. The Morgan fingerprint density at radius 3 is 2.71 bits per heavy atom. The summed E-state index contributed by atoms with van der Waals surface area (Å²) in [7, 11) is 0. The monoisotopic (exact) mass is 328 g/mol. The molecule has 130 valence electrons. The molecule has 0 spiro atoms. The SMILES string of the molecule is CC(=O)[C@H]1CC[C@H]2[C@@H]3CCC4=CC(=O)C5OC5[C@]4(C)[C@H]3CC[C@]12C. The van der Waals surface area contributed by atoms with Crippen LogP contribution < -0.4 is 0 Å². The molecule has 0 radical (unpaired) electrons. The summed E-state index contributed by atoms with van der Waals surface area (Å²) in [4.78, 5) is 24.3. The van der Waals surface area contributed by atoms with Crippen molar-refractivity contribution in [2.24, 2.45) is 34.5 Å². The van der Waals surface area contributed by atoms with Crippen molar-refractivity contribution < 1.29 is 14.3 Å². The molecular formula is C21H28O3. The lowest BCUT2D eigenvalue weighted by atomic mass is 9.46. The van der Waals surface area contributed by atoms with Crippen LogP contribution in [0.5, 0.6) is 0 Å².